The molecule has 2 heterocycles. The summed E-state index contributed by atoms with van der Waals surface area (Å²) < 4.78 is 0. The Morgan fingerprint density at radius 1 is 1.04 bits per heavy atom. The van der Waals surface area contributed by atoms with Crippen LogP contribution in [0.4, 0.5) is 17.1 Å². The van der Waals surface area contributed by atoms with Crippen LogP contribution in [0.3, 0.4) is 0 Å². The molecule has 0 amide bonds. The number of likely N-dealkylation sites (N-methyl/N-ethyl adjacent to an activating group) is 1. The Hall–Kier alpha value is -2.50. The molecule has 2 aromatic carbocycles. The average molecular weight is 369 g/mol. The maximum absolute atomic E-state index is 10.2. The second-order valence-electron chi connectivity index (χ2n) is 6.67. The Kier molecular flexibility index (Phi) is 4.57. The van der Waals surface area contributed by atoms with Crippen LogP contribution in [0.2, 0.25) is 5.02 Å². The van der Waals surface area contributed by atoms with Crippen molar-refractivity contribution in [3.05, 3.63) is 53.7 Å². The van der Waals surface area contributed by atoms with Crippen molar-refractivity contribution in [2.24, 2.45) is 0 Å². The van der Waals surface area contributed by atoms with Crippen LogP contribution in [-0.2, 0) is 0 Å². The Labute approximate surface area is 157 Å². The summed E-state index contributed by atoms with van der Waals surface area (Å²) in [5.41, 5.74) is 3.65. The van der Waals surface area contributed by atoms with Crippen molar-refractivity contribution in [3.63, 3.8) is 0 Å². The SMILES string of the molecule is CN1CCN(c2cc(O)cc(Nc3ccnc4cc(Cl)ccc34)c2)CC1. The number of aromatic nitrogens is 1. The Morgan fingerprint density at radius 3 is 2.65 bits per heavy atom. The minimum Gasteiger partial charge on any atom is -0.508 e. The van der Waals surface area contributed by atoms with Crippen LogP contribution in [-0.4, -0.2) is 48.2 Å². The van der Waals surface area contributed by atoms with Gasteiger partial charge in [-0.15, -0.1) is 0 Å². The molecule has 6 heteroatoms. The topological polar surface area (TPSA) is 51.6 Å². The van der Waals surface area contributed by atoms with Crippen molar-refractivity contribution in [3.8, 4) is 5.75 Å². The van der Waals surface area contributed by atoms with Crippen LogP contribution in [0.5, 0.6) is 5.75 Å². The first-order valence-corrected chi connectivity index (χ1v) is 9.05. The summed E-state index contributed by atoms with van der Waals surface area (Å²) in [6.07, 6.45) is 1.76. The molecular weight excluding hydrogens is 348 g/mol. The molecule has 5 nitrogen and oxygen atoms in total. The normalized spacial score (nSPS) is 15.4. The number of nitrogens with zero attached hydrogens (tertiary/aromatic N) is 3. The van der Waals surface area contributed by atoms with E-state index in [2.05, 4.69) is 33.2 Å². The highest BCUT2D eigenvalue weighted by molar-refractivity contribution is 6.31. The number of piperazine rings is 1. The van der Waals surface area contributed by atoms with Gasteiger partial charge in [0.05, 0.1) is 5.52 Å². The van der Waals surface area contributed by atoms with Crippen LogP contribution >= 0.6 is 11.6 Å². The predicted octanol–water partition coefficient (Wildman–Crippen LogP) is 4.09. The summed E-state index contributed by atoms with van der Waals surface area (Å²) in [6.45, 7) is 3.95. The molecule has 1 aliphatic rings. The molecule has 1 fully saturated rings. The third-order valence-corrected chi connectivity index (χ3v) is 4.99. The molecule has 3 aromatic rings. The Morgan fingerprint density at radius 2 is 1.85 bits per heavy atom. The maximum atomic E-state index is 10.2. The lowest BCUT2D eigenvalue weighted by molar-refractivity contribution is 0.313. The molecular formula is C20H21ClN4O. The van der Waals surface area contributed by atoms with E-state index in [4.69, 9.17) is 11.6 Å². The first-order valence-electron chi connectivity index (χ1n) is 8.67. The van der Waals surface area contributed by atoms with Gasteiger partial charge in [0.25, 0.3) is 0 Å². The lowest BCUT2D eigenvalue weighted by Gasteiger charge is -2.34. The lowest BCUT2D eigenvalue weighted by atomic mass is 10.1. The minimum atomic E-state index is 0.255. The summed E-state index contributed by atoms with van der Waals surface area (Å²) >= 11 is 6.07. The molecule has 1 aliphatic heterocycles. The average Bonchev–Trinajstić information content (AvgIpc) is 2.62. The number of phenols is 1. The van der Waals surface area contributed by atoms with E-state index in [0.29, 0.717) is 5.02 Å². The number of rotatable bonds is 3. The number of nitrogens with one attached hydrogen (secondary N) is 1. The molecule has 0 atom stereocenters. The summed E-state index contributed by atoms with van der Waals surface area (Å²) in [7, 11) is 2.13. The molecule has 26 heavy (non-hydrogen) atoms. The number of pyridine rings is 1. The van der Waals surface area contributed by atoms with Gasteiger partial charge < -0.3 is 20.2 Å². The summed E-state index contributed by atoms with van der Waals surface area (Å²) in [5, 5.41) is 15.3. The van der Waals surface area contributed by atoms with Crippen molar-refractivity contribution >= 4 is 39.6 Å². The summed E-state index contributed by atoms with van der Waals surface area (Å²) in [6, 6.07) is 13.2. The molecule has 0 aliphatic carbocycles. The fourth-order valence-electron chi connectivity index (χ4n) is 3.30. The molecule has 1 saturated heterocycles. The van der Waals surface area contributed by atoms with Crippen LogP contribution in [0.1, 0.15) is 0 Å². The van der Waals surface area contributed by atoms with Gasteiger partial charge in [0.1, 0.15) is 5.75 Å². The monoisotopic (exact) mass is 368 g/mol. The highest BCUT2D eigenvalue weighted by Gasteiger charge is 2.15. The molecule has 0 radical (unpaired) electrons. The predicted molar refractivity (Wildman–Crippen MR) is 108 cm³/mol. The van der Waals surface area contributed by atoms with Crippen molar-refractivity contribution < 1.29 is 5.11 Å². The molecule has 4 rings (SSSR count). The number of hydrogen-bond acceptors (Lipinski definition) is 5. The van der Waals surface area contributed by atoms with E-state index < -0.39 is 0 Å². The molecule has 2 N–H and O–H groups in total. The fraction of sp³-hybridized carbons (Fsp3) is 0.250. The van der Waals surface area contributed by atoms with E-state index in [1.54, 1.807) is 12.3 Å². The molecule has 0 spiro atoms. The van der Waals surface area contributed by atoms with Gasteiger partial charge in [0.15, 0.2) is 0 Å². The van der Waals surface area contributed by atoms with Crippen LogP contribution in [0.25, 0.3) is 10.9 Å². The number of benzene rings is 2. The van der Waals surface area contributed by atoms with Crippen molar-refractivity contribution in [2.75, 3.05) is 43.4 Å². The molecule has 134 valence electrons. The zero-order chi connectivity index (χ0) is 18.1. The first kappa shape index (κ1) is 16.9. The van der Waals surface area contributed by atoms with E-state index >= 15 is 0 Å². The third kappa shape index (κ3) is 3.54. The van der Waals surface area contributed by atoms with Crippen molar-refractivity contribution in [1.82, 2.24) is 9.88 Å². The van der Waals surface area contributed by atoms with E-state index in [1.807, 2.05) is 30.3 Å². The molecule has 0 unspecified atom stereocenters. The Bertz CT molecular complexity index is 938. The van der Waals surface area contributed by atoms with E-state index in [1.165, 1.54) is 0 Å². The quantitative estimate of drug-likeness (QED) is 0.729. The minimum absolute atomic E-state index is 0.255. The van der Waals surface area contributed by atoms with Crippen LogP contribution in [0.15, 0.2) is 48.7 Å². The highest BCUT2D eigenvalue weighted by Crippen LogP contribution is 2.31. The zero-order valence-corrected chi connectivity index (χ0v) is 15.4. The van der Waals surface area contributed by atoms with Crippen LogP contribution in [0, 0.1) is 0 Å². The van der Waals surface area contributed by atoms with E-state index in [0.717, 1.165) is 54.1 Å². The number of phenolic OH excluding ortho intramolecular Hbond substituents is 1. The second kappa shape index (κ2) is 7.02. The van der Waals surface area contributed by atoms with Gasteiger partial charge in [-0.2, -0.15) is 0 Å². The van der Waals surface area contributed by atoms with Crippen molar-refractivity contribution in [1.29, 1.82) is 0 Å². The molecule has 0 bridgehead atoms. The van der Waals surface area contributed by atoms with Gasteiger partial charge in [-0.05, 0) is 37.4 Å². The number of aromatic hydroxyl groups is 1. The highest BCUT2D eigenvalue weighted by atomic mass is 35.5. The van der Waals surface area contributed by atoms with Gasteiger partial charge >= 0.3 is 0 Å². The van der Waals surface area contributed by atoms with Crippen LogP contribution < -0.4 is 10.2 Å². The third-order valence-electron chi connectivity index (χ3n) is 4.75. The van der Waals surface area contributed by atoms with E-state index in [9.17, 15) is 5.11 Å². The fourth-order valence-corrected chi connectivity index (χ4v) is 3.47. The van der Waals surface area contributed by atoms with Gasteiger partial charge in [0.2, 0.25) is 0 Å². The van der Waals surface area contributed by atoms with Gasteiger partial charge in [-0.25, -0.2) is 0 Å². The van der Waals surface area contributed by atoms with Gasteiger partial charge in [-0.3, -0.25) is 4.98 Å². The number of halogens is 1. The summed E-state index contributed by atoms with van der Waals surface area (Å²) in [4.78, 5) is 8.99. The van der Waals surface area contributed by atoms with Gasteiger partial charge in [-0.1, -0.05) is 11.6 Å². The van der Waals surface area contributed by atoms with E-state index in [-0.39, 0.29) is 5.75 Å². The maximum Gasteiger partial charge on any atom is 0.119 e. The number of anilines is 3. The first-order chi connectivity index (χ1) is 12.6. The molecule has 0 saturated carbocycles. The van der Waals surface area contributed by atoms with Crippen molar-refractivity contribution in [2.45, 2.75) is 0 Å². The lowest BCUT2D eigenvalue weighted by Crippen LogP contribution is -2.44. The largest absolute Gasteiger partial charge is 0.508 e. The second-order valence-corrected chi connectivity index (χ2v) is 7.11. The number of hydrogen-bond donors (Lipinski definition) is 2. The molecule has 1 aromatic heterocycles. The summed E-state index contributed by atoms with van der Waals surface area (Å²) in [5.74, 6) is 0.255. The van der Waals surface area contributed by atoms with Gasteiger partial charge in [0, 0.05) is 72.0 Å². The smallest absolute Gasteiger partial charge is 0.119 e. The zero-order valence-electron chi connectivity index (χ0n) is 14.6. The standard InChI is InChI=1S/C20H21ClN4O/c1-24-6-8-25(9-7-24)16-11-15(12-17(26)13-16)23-19-4-5-22-20-10-14(21)2-3-18(19)20/h2-5,10-13,26H,6-9H2,1H3,(H,22,23). The Balaban J connectivity index is 1.65. The number of fused-ring (bicyclic) bond motifs is 1.